The Kier molecular flexibility index (Phi) is 9.33. The molecular weight excluding hydrogens is 621 g/mol. The van der Waals surface area contributed by atoms with Crippen LogP contribution in [-0.2, 0) is 9.84 Å². The molecular formula is C39H59F3O4S. The predicted octanol–water partition coefficient (Wildman–Crippen LogP) is 9.38. The monoisotopic (exact) mass is 680 g/mol. The van der Waals surface area contributed by atoms with Crippen molar-refractivity contribution in [2.45, 2.75) is 152 Å². The van der Waals surface area contributed by atoms with Gasteiger partial charge in [0.05, 0.1) is 15.7 Å². The van der Waals surface area contributed by atoms with E-state index in [0.717, 1.165) is 51.4 Å². The van der Waals surface area contributed by atoms with E-state index >= 15 is 0 Å². The summed E-state index contributed by atoms with van der Waals surface area (Å²) in [6.45, 7) is 11.2. The molecule has 0 saturated heterocycles. The average Bonchev–Trinajstić information content (AvgIpc) is 3.37. The van der Waals surface area contributed by atoms with Crippen molar-refractivity contribution >= 4 is 9.84 Å². The maximum atomic E-state index is 14.5. The first-order valence-corrected chi connectivity index (χ1v) is 20.2. The van der Waals surface area contributed by atoms with Gasteiger partial charge in [-0.1, -0.05) is 52.8 Å². The highest BCUT2D eigenvalue weighted by molar-refractivity contribution is 7.92. The zero-order valence-electron chi connectivity index (χ0n) is 29.2. The number of fused-ring (bicyclic) bond motifs is 5. The lowest BCUT2D eigenvalue weighted by molar-refractivity contribution is -0.290. The molecule has 5 saturated carbocycles. The van der Waals surface area contributed by atoms with Crippen LogP contribution in [0.5, 0.6) is 0 Å². The third kappa shape index (κ3) is 6.04. The molecule has 266 valence electrons. The number of aliphatic hydroxyl groups is 2. The quantitative estimate of drug-likeness (QED) is 0.301. The Balaban J connectivity index is 1.25. The third-order valence-corrected chi connectivity index (χ3v) is 17.8. The fraction of sp³-hybridized carbons (Fsp3) is 0.846. The Hall–Kier alpha value is -1.12. The smallest absolute Gasteiger partial charge is 0.390 e. The van der Waals surface area contributed by atoms with Gasteiger partial charge < -0.3 is 10.2 Å². The van der Waals surface area contributed by atoms with E-state index in [2.05, 4.69) is 34.6 Å². The molecule has 6 rings (SSSR count). The lowest BCUT2D eigenvalue weighted by Gasteiger charge is -2.62. The minimum absolute atomic E-state index is 0.0481. The molecule has 0 amide bonds. The summed E-state index contributed by atoms with van der Waals surface area (Å²) in [4.78, 5) is 0.335. The van der Waals surface area contributed by atoms with Gasteiger partial charge in [-0.2, -0.15) is 13.2 Å². The van der Waals surface area contributed by atoms with Crippen molar-refractivity contribution in [2.24, 2.45) is 58.2 Å². The molecule has 10 atom stereocenters. The van der Waals surface area contributed by atoms with Gasteiger partial charge in [-0.25, -0.2) is 8.42 Å². The molecule has 4 nitrogen and oxygen atoms in total. The molecule has 0 spiro atoms. The van der Waals surface area contributed by atoms with Crippen molar-refractivity contribution in [2.75, 3.05) is 0 Å². The summed E-state index contributed by atoms with van der Waals surface area (Å²) in [5.74, 6) is 2.22. The number of benzene rings is 1. The molecule has 1 aromatic rings. The fourth-order valence-corrected chi connectivity index (χ4v) is 14.6. The van der Waals surface area contributed by atoms with Gasteiger partial charge in [-0.05, 0) is 160 Å². The van der Waals surface area contributed by atoms with Crippen LogP contribution in [0, 0.1) is 58.2 Å². The van der Waals surface area contributed by atoms with Crippen LogP contribution in [0.15, 0.2) is 35.2 Å². The van der Waals surface area contributed by atoms with Crippen molar-refractivity contribution in [3.05, 3.63) is 30.3 Å². The summed E-state index contributed by atoms with van der Waals surface area (Å²) in [7, 11) is -3.72. The Morgan fingerprint density at radius 3 is 2.06 bits per heavy atom. The molecule has 1 unspecified atom stereocenters. The zero-order chi connectivity index (χ0) is 34.2. The normalized spacial score (nSPS) is 43.9. The van der Waals surface area contributed by atoms with Crippen LogP contribution >= 0.6 is 0 Å². The second-order valence-corrected chi connectivity index (χ2v) is 20.1. The van der Waals surface area contributed by atoms with E-state index in [0.29, 0.717) is 53.7 Å². The first-order chi connectivity index (χ1) is 21.8. The van der Waals surface area contributed by atoms with E-state index in [1.807, 2.05) is 6.07 Å². The van der Waals surface area contributed by atoms with Crippen molar-refractivity contribution in [3.8, 4) is 0 Å². The largest absolute Gasteiger partial charge is 0.417 e. The van der Waals surface area contributed by atoms with Crippen LogP contribution in [0.25, 0.3) is 0 Å². The molecule has 47 heavy (non-hydrogen) atoms. The second kappa shape index (κ2) is 12.3. The summed E-state index contributed by atoms with van der Waals surface area (Å²) in [6, 6.07) is 8.79. The predicted molar refractivity (Wildman–Crippen MR) is 179 cm³/mol. The molecule has 2 N–H and O–H groups in total. The van der Waals surface area contributed by atoms with E-state index in [-0.39, 0.29) is 47.8 Å². The first-order valence-electron chi connectivity index (χ1n) is 18.7. The van der Waals surface area contributed by atoms with Crippen molar-refractivity contribution in [1.29, 1.82) is 0 Å². The molecule has 0 bridgehead atoms. The summed E-state index contributed by atoms with van der Waals surface area (Å²) in [5, 5.41) is 21.9. The summed E-state index contributed by atoms with van der Waals surface area (Å²) in [5.41, 5.74) is -3.82. The van der Waals surface area contributed by atoms with Crippen LogP contribution in [0.1, 0.15) is 125 Å². The van der Waals surface area contributed by atoms with Crippen LogP contribution in [0.3, 0.4) is 0 Å². The van der Waals surface area contributed by atoms with Crippen LogP contribution < -0.4 is 0 Å². The van der Waals surface area contributed by atoms with Gasteiger partial charge in [-0.15, -0.1) is 0 Å². The van der Waals surface area contributed by atoms with E-state index in [1.165, 1.54) is 0 Å². The fourth-order valence-electron chi connectivity index (χ4n) is 12.5. The molecule has 5 fully saturated rings. The standard InChI is InChI=1S/C39H59F3O4S/c1-25(2)27-15-19-37(43,20-16-27)24-34(47(45,46)29-9-7-6-8-10-29)26(3)31-13-14-32-30-12-11-28-23-38(44,39(40,41)42)22-21-35(28,4)33(30)17-18-36(31,32)5/h6-10,25-28,30-34,43-44H,11-24H2,1-5H3/t26-,27?,28-,30-,31+,32-,33-,34?,35-,36+,37?,38-/m0/s1. The first kappa shape index (κ1) is 35.7. The van der Waals surface area contributed by atoms with Gasteiger partial charge in [0.1, 0.15) is 0 Å². The van der Waals surface area contributed by atoms with Crippen LogP contribution in [0.2, 0.25) is 0 Å². The van der Waals surface area contributed by atoms with Gasteiger partial charge >= 0.3 is 6.18 Å². The van der Waals surface area contributed by atoms with Crippen LogP contribution in [0.4, 0.5) is 13.2 Å². The van der Waals surface area contributed by atoms with Gasteiger partial charge in [-0.3, -0.25) is 0 Å². The number of rotatable bonds is 7. The maximum Gasteiger partial charge on any atom is 0.417 e. The number of alkyl halides is 3. The molecule has 0 radical (unpaired) electrons. The average molecular weight is 681 g/mol. The molecule has 5 aliphatic rings. The number of sulfone groups is 1. The lowest BCUT2D eigenvalue weighted by Crippen LogP contribution is -2.59. The highest BCUT2D eigenvalue weighted by atomic mass is 32.2. The highest BCUT2D eigenvalue weighted by Gasteiger charge is 2.65. The molecule has 8 heteroatoms. The topological polar surface area (TPSA) is 74.6 Å². The number of hydrogen-bond acceptors (Lipinski definition) is 4. The van der Waals surface area contributed by atoms with E-state index in [9.17, 15) is 31.8 Å². The molecule has 1 aromatic carbocycles. The van der Waals surface area contributed by atoms with Gasteiger partial charge in [0.25, 0.3) is 0 Å². The Morgan fingerprint density at radius 1 is 0.809 bits per heavy atom. The van der Waals surface area contributed by atoms with Gasteiger partial charge in [0, 0.05) is 0 Å². The molecule has 0 aliphatic heterocycles. The van der Waals surface area contributed by atoms with E-state index in [4.69, 9.17) is 0 Å². The van der Waals surface area contributed by atoms with E-state index < -0.39 is 32.5 Å². The molecule has 0 heterocycles. The van der Waals surface area contributed by atoms with Gasteiger partial charge in [0.15, 0.2) is 15.4 Å². The lowest BCUT2D eigenvalue weighted by atomic mass is 9.43. The zero-order valence-corrected chi connectivity index (χ0v) is 30.1. The summed E-state index contributed by atoms with van der Waals surface area (Å²) < 4.78 is 70.6. The van der Waals surface area contributed by atoms with E-state index in [1.54, 1.807) is 24.3 Å². The minimum atomic E-state index is -4.59. The van der Waals surface area contributed by atoms with Crippen LogP contribution in [-0.4, -0.2) is 41.3 Å². The molecule has 0 aromatic heterocycles. The Bertz CT molecular complexity index is 1370. The van der Waals surface area contributed by atoms with Crippen molar-refractivity contribution in [3.63, 3.8) is 0 Å². The highest BCUT2D eigenvalue weighted by Crippen LogP contribution is 2.69. The minimum Gasteiger partial charge on any atom is -0.390 e. The van der Waals surface area contributed by atoms with Crippen molar-refractivity contribution in [1.82, 2.24) is 0 Å². The number of hydrogen-bond donors (Lipinski definition) is 2. The number of halogens is 3. The van der Waals surface area contributed by atoms with Crippen molar-refractivity contribution < 1.29 is 31.8 Å². The summed E-state index contributed by atoms with van der Waals surface area (Å²) in [6.07, 6.45) is 4.31. The summed E-state index contributed by atoms with van der Waals surface area (Å²) >= 11 is 0. The molecule has 5 aliphatic carbocycles. The maximum absolute atomic E-state index is 14.5. The Morgan fingerprint density at radius 2 is 1.45 bits per heavy atom. The third-order valence-electron chi connectivity index (χ3n) is 15.5. The second-order valence-electron chi connectivity index (χ2n) is 17.9. The SMILES string of the molecule is CC(C)C1CCC(O)(CC([C@@H](C)[C@H]2CC[C@H]3[C@@H]4CC[C@H]5C[C@](O)(C(F)(F)F)CC[C@]5(C)[C@H]4CC[C@]23C)S(=O)(=O)c2ccccc2)CC1. The van der Waals surface area contributed by atoms with Gasteiger partial charge in [0.2, 0.25) is 0 Å². The Labute approximate surface area is 281 Å².